The molecule has 0 saturated heterocycles. The Morgan fingerprint density at radius 1 is 1.14 bits per heavy atom. The van der Waals surface area contributed by atoms with Crippen molar-refractivity contribution in [1.82, 2.24) is 9.97 Å². The quantitative estimate of drug-likeness (QED) is 0.901. The molecule has 21 heavy (non-hydrogen) atoms. The maximum atomic E-state index is 6.05. The Kier molecular flexibility index (Phi) is 4.53. The van der Waals surface area contributed by atoms with E-state index in [1.807, 2.05) is 31.2 Å². The molecule has 1 saturated carbocycles. The zero-order chi connectivity index (χ0) is 14.5. The van der Waals surface area contributed by atoms with Crippen molar-refractivity contribution in [3.63, 3.8) is 0 Å². The molecule has 1 heterocycles. The number of ether oxygens (including phenoxy) is 1. The second-order valence-corrected chi connectivity index (χ2v) is 5.71. The molecule has 0 amide bonds. The van der Waals surface area contributed by atoms with E-state index < -0.39 is 0 Å². The second-order valence-electron chi connectivity index (χ2n) is 5.71. The van der Waals surface area contributed by atoms with Gasteiger partial charge in [-0.3, -0.25) is 0 Å². The van der Waals surface area contributed by atoms with E-state index >= 15 is 0 Å². The molecule has 3 rings (SSSR count). The highest BCUT2D eigenvalue weighted by molar-refractivity contribution is 5.84. The van der Waals surface area contributed by atoms with Crippen molar-refractivity contribution in [1.29, 1.82) is 0 Å². The Balaban J connectivity index is 1.81. The van der Waals surface area contributed by atoms with Gasteiger partial charge >= 0.3 is 0 Å². The van der Waals surface area contributed by atoms with E-state index in [9.17, 15) is 0 Å². The number of nitrogens with zero attached hydrogens (tertiary/aromatic N) is 2. The standard InChI is InChI=1S/C17H23N3O/c1-2-18-17-19-15-11-7-6-10-14(15)16(20-17)21-12-13-8-4-3-5-9-13/h6-7,10-11,13H,2-5,8-9,12H2,1H3,(H,18,19,20). The summed E-state index contributed by atoms with van der Waals surface area (Å²) in [5, 5.41) is 4.17. The summed E-state index contributed by atoms with van der Waals surface area (Å²) >= 11 is 0. The van der Waals surface area contributed by atoms with Gasteiger partial charge in [0.05, 0.1) is 17.5 Å². The van der Waals surface area contributed by atoms with Gasteiger partial charge in [-0.2, -0.15) is 4.98 Å². The summed E-state index contributed by atoms with van der Waals surface area (Å²) < 4.78 is 6.05. The first-order valence-electron chi connectivity index (χ1n) is 8.00. The van der Waals surface area contributed by atoms with Crippen LogP contribution in [0.5, 0.6) is 5.88 Å². The van der Waals surface area contributed by atoms with Gasteiger partial charge in [0, 0.05) is 6.54 Å². The fourth-order valence-electron chi connectivity index (χ4n) is 2.95. The lowest BCUT2D eigenvalue weighted by Gasteiger charge is -2.21. The summed E-state index contributed by atoms with van der Waals surface area (Å²) in [5.41, 5.74) is 0.932. The normalized spacial score (nSPS) is 16.0. The Morgan fingerprint density at radius 3 is 2.76 bits per heavy atom. The number of hydrogen-bond donors (Lipinski definition) is 1. The van der Waals surface area contributed by atoms with Crippen molar-refractivity contribution < 1.29 is 4.74 Å². The summed E-state index contributed by atoms with van der Waals surface area (Å²) in [5.74, 6) is 2.03. The molecule has 2 aromatic rings. The average molecular weight is 285 g/mol. The molecule has 0 spiro atoms. The molecule has 4 nitrogen and oxygen atoms in total. The first kappa shape index (κ1) is 14.1. The van der Waals surface area contributed by atoms with Gasteiger partial charge in [-0.25, -0.2) is 4.98 Å². The summed E-state index contributed by atoms with van der Waals surface area (Å²) in [7, 11) is 0. The van der Waals surface area contributed by atoms with Crippen LogP contribution in [-0.4, -0.2) is 23.1 Å². The highest BCUT2D eigenvalue weighted by atomic mass is 16.5. The second kappa shape index (κ2) is 6.74. The van der Waals surface area contributed by atoms with Crippen molar-refractivity contribution in [2.75, 3.05) is 18.5 Å². The number of aromatic nitrogens is 2. The molecule has 1 aromatic carbocycles. The molecule has 1 aromatic heterocycles. The fourth-order valence-corrected chi connectivity index (χ4v) is 2.95. The molecule has 1 fully saturated rings. The first-order chi connectivity index (χ1) is 10.4. The van der Waals surface area contributed by atoms with Gasteiger partial charge in [0.2, 0.25) is 11.8 Å². The van der Waals surface area contributed by atoms with Crippen molar-refractivity contribution in [2.24, 2.45) is 5.92 Å². The van der Waals surface area contributed by atoms with Gasteiger partial charge in [-0.15, -0.1) is 0 Å². The fraction of sp³-hybridized carbons (Fsp3) is 0.529. The number of rotatable bonds is 5. The number of anilines is 1. The molecule has 0 atom stereocenters. The third-order valence-corrected chi connectivity index (χ3v) is 4.08. The van der Waals surface area contributed by atoms with Crippen molar-refractivity contribution in [2.45, 2.75) is 39.0 Å². The molecule has 0 bridgehead atoms. The van der Waals surface area contributed by atoms with Gasteiger partial charge < -0.3 is 10.1 Å². The van der Waals surface area contributed by atoms with Crippen LogP contribution in [0.3, 0.4) is 0 Å². The van der Waals surface area contributed by atoms with Crippen molar-refractivity contribution >= 4 is 16.9 Å². The lowest BCUT2D eigenvalue weighted by atomic mass is 9.90. The van der Waals surface area contributed by atoms with Gasteiger partial charge in [-0.1, -0.05) is 31.4 Å². The number of benzene rings is 1. The van der Waals surface area contributed by atoms with Crippen LogP contribution in [0.2, 0.25) is 0 Å². The molecule has 0 aliphatic heterocycles. The van der Waals surface area contributed by atoms with E-state index in [0.29, 0.717) is 17.7 Å². The third-order valence-electron chi connectivity index (χ3n) is 4.08. The number of para-hydroxylation sites is 1. The molecule has 4 heteroatoms. The van der Waals surface area contributed by atoms with E-state index in [0.717, 1.165) is 24.1 Å². The largest absolute Gasteiger partial charge is 0.477 e. The summed E-state index contributed by atoms with van der Waals surface area (Å²) in [6.07, 6.45) is 6.60. The zero-order valence-corrected chi connectivity index (χ0v) is 12.6. The van der Waals surface area contributed by atoms with Gasteiger partial charge in [0.15, 0.2) is 0 Å². The molecular formula is C17H23N3O. The summed E-state index contributed by atoms with van der Waals surface area (Å²) in [6, 6.07) is 8.04. The van der Waals surface area contributed by atoms with E-state index in [1.54, 1.807) is 0 Å². The van der Waals surface area contributed by atoms with Crippen LogP contribution in [0.1, 0.15) is 39.0 Å². The first-order valence-corrected chi connectivity index (χ1v) is 8.00. The minimum atomic E-state index is 0.648. The highest BCUT2D eigenvalue weighted by Crippen LogP contribution is 2.27. The Bertz CT molecular complexity index is 594. The maximum Gasteiger partial charge on any atom is 0.226 e. The highest BCUT2D eigenvalue weighted by Gasteiger charge is 2.15. The topological polar surface area (TPSA) is 47.0 Å². The van der Waals surface area contributed by atoms with E-state index in [2.05, 4.69) is 15.3 Å². The van der Waals surface area contributed by atoms with Crippen LogP contribution < -0.4 is 10.1 Å². The molecule has 0 radical (unpaired) electrons. The number of fused-ring (bicyclic) bond motifs is 1. The maximum absolute atomic E-state index is 6.05. The smallest absolute Gasteiger partial charge is 0.226 e. The molecule has 0 unspecified atom stereocenters. The lowest BCUT2D eigenvalue weighted by Crippen LogP contribution is -2.16. The number of nitrogens with one attached hydrogen (secondary N) is 1. The van der Waals surface area contributed by atoms with E-state index in [-0.39, 0.29) is 0 Å². The minimum Gasteiger partial charge on any atom is -0.477 e. The monoisotopic (exact) mass is 285 g/mol. The molecule has 1 aliphatic rings. The molecule has 1 N–H and O–H groups in total. The molecular weight excluding hydrogens is 262 g/mol. The predicted molar refractivity (Wildman–Crippen MR) is 85.8 cm³/mol. The molecule has 1 aliphatic carbocycles. The van der Waals surface area contributed by atoms with Gasteiger partial charge in [0.1, 0.15) is 0 Å². The van der Waals surface area contributed by atoms with Crippen LogP contribution in [0, 0.1) is 5.92 Å². The van der Waals surface area contributed by atoms with Crippen LogP contribution in [0.4, 0.5) is 5.95 Å². The SMILES string of the molecule is CCNc1nc(OCC2CCCCC2)c2ccccc2n1. The van der Waals surface area contributed by atoms with Crippen LogP contribution >= 0.6 is 0 Å². The average Bonchev–Trinajstić information content (AvgIpc) is 2.54. The minimum absolute atomic E-state index is 0.648. The Labute approximate surface area is 125 Å². The van der Waals surface area contributed by atoms with Crippen molar-refractivity contribution in [3.05, 3.63) is 24.3 Å². The third kappa shape index (κ3) is 3.43. The van der Waals surface area contributed by atoms with Crippen LogP contribution in [0.15, 0.2) is 24.3 Å². The van der Waals surface area contributed by atoms with Gasteiger partial charge in [0.25, 0.3) is 0 Å². The Hall–Kier alpha value is -1.84. The van der Waals surface area contributed by atoms with E-state index in [4.69, 9.17) is 4.74 Å². The zero-order valence-electron chi connectivity index (χ0n) is 12.6. The van der Waals surface area contributed by atoms with Crippen LogP contribution in [0.25, 0.3) is 10.9 Å². The summed E-state index contributed by atoms with van der Waals surface area (Å²) in [4.78, 5) is 9.05. The van der Waals surface area contributed by atoms with Gasteiger partial charge in [-0.05, 0) is 37.8 Å². The summed E-state index contributed by atoms with van der Waals surface area (Å²) in [6.45, 7) is 3.62. The lowest BCUT2D eigenvalue weighted by molar-refractivity contribution is 0.205. The van der Waals surface area contributed by atoms with Crippen LogP contribution in [-0.2, 0) is 0 Å². The molecule has 112 valence electrons. The number of hydrogen-bond acceptors (Lipinski definition) is 4. The predicted octanol–water partition coefficient (Wildman–Crippen LogP) is 4.02. The Morgan fingerprint density at radius 2 is 1.95 bits per heavy atom. The van der Waals surface area contributed by atoms with Crippen molar-refractivity contribution in [3.8, 4) is 5.88 Å². The van der Waals surface area contributed by atoms with E-state index in [1.165, 1.54) is 32.1 Å².